The van der Waals surface area contributed by atoms with Gasteiger partial charge in [0.25, 0.3) is 0 Å². The number of hydrogen-bond acceptors (Lipinski definition) is 2. The van der Waals surface area contributed by atoms with E-state index in [1.807, 2.05) is 32.9 Å². The van der Waals surface area contributed by atoms with Gasteiger partial charge in [0, 0.05) is 0 Å². The Hall–Kier alpha value is -1.77. The average molecular weight is 220 g/mol. The van der Waals surface area contributed by atoms with Crippen LogP contribution < -0.4 is 0 Å². The highest BCUT2D eigenvalue weighted by Crippen LogP contribution is 2.18. The van der Waals surface area contributed by atoms with Gasteiger partial charge in [-0.25, -0.2) is 4.79 Å². The summed E-state index contributed by atoms with van der Waals surface area (Å²) in [5.41, 5.74) is 4.25. The Labute approximate surface area is 95.4 Å². The first-order valence-electron chi connectivity index (χ1n) is 5.02. The minimum absolute atomic E-state index is 0.0497. The zero-order chi connectivity index (χ0) is 12.3. The van der Waals surface area contributed by atoms with Crippen LogP contribution in [-0.2, 0) is 9.53 Å². The fraction of sp³-hybridized carbons (Fsp3) is 0.308. The summed E-state index contributed by atoms with van der Waals surface area (Å²) in [5, 5.41) is 8.86. The number of aliphatic carboxylic acids is 1. The van der Waals surface area contributed by atoms with Gasteiger partial charge in [-0.1, -0.05) is 12.1 Å². The van der Waals surface area contributed by atoms with E-state index in [9.17, 15) is 4.79 Å². The lowest BCUT2D eigenvalue weighted by atomic mass is 10.0. The molecule has 86 valence electrons. The highest BCUT2D eigenvalue weighted by atomic mass is 16.5. The Bertz CT molecular complexity index is 445. The number of carbonyl (C=O) groups is 1. The van der Waals surface area contributed by atoms with Gasteiger partial charge in [-0.05, 0) is 49.1 Å². The second kappa shape index (κ2) is 4.84. The van der Waals surface area contributed by atoms with Crippen molar-refractivity contribution >= 4 is 12.0 Å². The normalized spacial score (nSPS) is 11.4. The van der Waals surface area contributed by atoms with E-state index in [1.54, 1.807) is 6.08 Å². The molecule has 0 aromatic heterocycles. The van der Waals surface area contributed by atoms with Crippen LogP contribution in [-0.4, -0.2) is 18.2 Å². The Morgan fingerprint density at radius 2 is 1.75 bits per heavy atom. The van der Waals surface area contributed by atoms with Crippen LogP contribution in [0.4, 0.5) is 0 Å². The first-order valence-corrected chi connectivity index (χ1v) is 5.02. The predicted octanol–water partition coefficient (Wildman–Crippen LogP) is 2.68. The lowest BCUT2D eigenvalue weighted by Gasteiger charge is -2.07. The summed E-state index contributed by atoms with van der Waals surface area (Å²) in [5.74, 6) is -1.11. The van der Waals surface area contributed by atoms with Crippen LogP contribution in [0.2, 0.25) is 0 Å². The molecule has 0 saturated heterocycles. The Balaban J connectivity index is 3.24. The Morgan fingerprint density at radius 1 is 1.19 bits per heavy atom. The molecule has 0 spiro atoms. The molecule has 3 nitrogen and oxygen atoms in total. The number of carboxylic acids is 1. The molecule has 0 heterocycles. The first kappa shape index (κ1) is 12.3. The summed E-state index contributed by atoms with van der Waals surface area (Å²) in [6, 6.07) is 4.00. The van der Waals surface area contributed by atoms with E-state index < -0.39 is 5.97 Å². The fourth-order valence-corrected chi connectivity index (χ4v) is 1.49. The van der Waals surface area contributed by atoms with Crippen molar-refractivity contribution in [2.75, 3.05) is 7.11 Å². The molecule has 0 atom stereocenters. The maximum absolute atomic E-state index is 10.8. The molecule has 1 N–H and O–H groups in total. The van der Waals surface area contributed by atoms with Crippen molar-refractivity contribution in [3.05, 3.63) is 40.1 Å². The molecule has 0 saturated carbocycles. The van der Waals surface area contributed by atoms with E-state index in [1.165, 1.54) is 12.7 Å². The maximum atomic E-state index is 10.8. The van der Waals surface area contributed by atoms with Gasteiger partial charge in [0.2, 0.25) is 5.76 Å². The van der Waals surface area contributed by atoms with E-state index in [0.717, 1.165) is 16.7 Å². The molecule has 1 aromatic rings. The smallest absolute Gasteiger partial charge is 0.371 e. The highest BCUT2D eigenvalue weighted by molar-refractivity contribution is 5.90. The zero-order valence-electron chi connectivity index (χ0n) is 10.00. The van der Waals surface area contributed by atoms with Gasteiger partial charge in [0.15, 0.2) is 0 Å². The highest BCUT2D eigenvalue weighted by Gasteiger charge is 2.08. The molecule has 0 aliphatic rings. The monoisotopic (exact) mass is 220 g/mol. The molecule has 3 heteroatoms. The number of hydrogen-bond donors (Lipinski definition) is 1. The third kappa shape index (κ3) is 2.63. The summed E-state index contributed by atoms with van der Waals surface area (Å²) >= 11 is 0. The summed E-state index contributed by atoms with van der Waals surface area (Å²) in [4.78, 5) is 10.8. The molecule has 0 bridgehead atoms. The van der Waals surface area contributed by atoms with Crippen LogP contribution in [0.25, 0.3) is 6.08 Å². The molecular weight excluding hydrogens is 204 g/mol. The number of carboxylic acid groups (broad SMARTS) is 1. The molecule has 0 unspecified atom stereocenters. The van der Waals surface area contributed by atoms with Gasteiger partial charge < -0.3 is 9.84 Å². The molecule has 0 aliphatic heterocycles. The Kier molecular flexibility index (Phi) is 3.72. The average Bonchev–Trinajstić information content (AvgIpc) is 2.21. The van der Waals surface area contributed by atoms with Gasteiger partial charge in [-0.2, -0.15) is 0 Å². The van der Waals surface area contributed by atoms with Crippen molar-refractivity contribution in [1.82, 2.24) is 0 Å². The molecular formula is C13H16O3. The quantitative estimate of drug-likeness (QED) is 0.629. The van der Waals surface area contributed by atoms with Crippen LogP contribution in [0.5, 0.6) is 0 Å². The first-order chi connectivity index (χ1) is 7.45. The van der Waals surface area contributed by atoms with Gasteiger partial charge in [0.05, 0.1) is 7.11 Å². The second-order valence-electron chi connectivity index (χ2n) is 3.81. The van der Waals surface area contributed by atoms with Crippen molar-refractivity contribution in [2.24, 2.45) is 0 Å². The Morgan fingerprint density at radius 3 is 2.25 bits per heavy atom. The molecule has 16 heavy (non-hydrogen) atoms. The standard InChI is InChI=1S/C13H16O3/c1-8-5-10(3)11(6-9(8)2)7-12(16-4)13(14)15/h5-7H,1-4H3,(H,14,15). The number of ether oxygens (including phenoxy) is 1. The topological polar surface area (TPSA) is 46.5 Å². The predicted molar refractivity (Wildman–Crippen MR) is 63.3 cm³/mol. The van der Waals surface area contributed by atoms with E-state index >= 15 is 0 Å². The van der Waals surface area contributed by atoms with Crippen molar-refractivity contribution < 1.29 is 14.6 Å². The molecule has 1 rings (SSSR count). The van der Waals surface area contributed by atoms with Crippen LogP contribution in [0.3, 0.4) is 0 Å². The molecule has 0 aliphatic carbocycles. The van der Waals surface area contributed by atoms with Gasteiger partial charge in [-0.3, -0.25) is 0 Å². The summed E-state index contributed by atoms with van der Waals surface area (Å²) in [6.07, 6.45) is 1.55. The van der Waals surface area contributed by atoms with Crippen molar-refractivity contribution in [3.63, 3.8) is 0 Å². The SMILES string of the molecule is COC(=Cc1cc(C)c(C)cc1C)C(=O)O. The van der Waals surface area contributed by atoms with Crippen LogP contribution in [0, 0.1) is 20.8 Å². The third-order valence-corrected chi connectivity index (χ3v) is 2.60. The van der Waals surface area contributed by atoms with Crippen molar-refractivity contribution in [3.8, 4) is 0 Å². The second-order valence-corrected chi connectivity index (χ2v) is 3.81. The fourth-order valence-electron chi connectivity index (χ4n) is 1.49. The largest absolute Gasteiger partial charge is 0.490 e. The number of benzene rings is 1. The van der Waals surface area contributed by atoms with Gasteiger partial charge in [-0.15, -0.1) is 0 Å². The molecule has 0 fully saturated rings. The summed E-state index contributed by atoms with van der Waals surface area (Å²) < 4.78 is 4.80. The van der Waals surface area contributed by atoms with Crippen LogP contribution in [0.15, 0.2) is 17.9 Å². The number of aryl methyl sites for hydroxylation is 3. The minimum atomic E-state index is -1.06. The summed E-state index contributed by atoms with van der Waals surface area (Å²) in [6.45, 7) is 5.98. The van der Waals surface area contributed by atoms with Crippen LogP contribution >= 0.6 is 0 Å². The minimum Gasteiger partial charge on any atom is -0.490 e. The lowest BCUT2D eigenvalue weighted by Crippen LogP contribution is -2.02. The van der Waals surface area contributed by atoms with Crippen molar-refractivity contribution in [2.45, 2.75) is 20.8 Å². The van der Waals surface area contributed by atoms with E-state index in [4.69, 9.17) is 9.84 Å². The zero-order valence-corrected chi connectivity index (χ0v) is 10.00. The van der Waals surface area contributed by atoms with Crippen LogP contribution in [0.1, 0.15) is 22.3 Å². The van der Waals surface area contributed by atoms with Crippen molar-refractivity contribution in [1.29, 1.82) is 0 Å². The van der Waals surface area contributed by atoms with E-state index in [0.29, 0.717) is 0 Å². The third-order valence-electron chi connectivity index (χ3n) is 2.60. The van der Waals surface area contributed by atoms with E-state index in [-0.39, 0.29) is 5.76 Å². The molecule has 0 amide bonds. The van der Waals surface area contributed by atoms with Gasteiger partial charge >= 0.3 is 5.97 Å². The number of rotatable bonds is 3. The molecule has 0 radical (unpaired) electrons. The molecule has 1 aromatic carbocycles. The van der Waals surface area contributed by atoms with E-state index in [2.05, 4.69) is 0 Å². The van der Waals surface area contributed by atoms with Gasteiger partial charge in [0.1, 0.15) is 0 Å². The maximum Gasteiger partial charge on any atom is 0.371 e. The number of methoxy groups -OCH3 is 1. The summed E-state index contributed by atoms with van der Waals surface area (Å²) in [7, 11) is 1.36. The lowest BCUT2D eigenvalue weighted by molar-refractivity contribution is -0.135.